The average molecular weight is 282 g/mol. The van der Waals surface area contributed by atoms with Crippen molar-refractivity contribution in [3.05, 3.63) is 59.7 Å². The molecule has 1 aliphatic heterocycles. The van der Waals surface area contributed by atoms with E-state index in [-0.39, 0.29) is 17.6 Å². The smallest absolute Gasteiger partial charge is 0.227 e. The van der Waals surface area contributed by atoms with Crippen molar-refractivity contribution < 1.29 is 9.90 Å². The summed E-state index contributed by atoms with van der Waals surface area (Å²) in [6.07, 6.45) is 0.804. The largest absolute Gasteiger partial charge is 0.508 e. The van der Waals surface area contributed by atoms with Crippen LogP contribution in [0.15, 0.2) is 48.5 Å². The minimum atomic E-state index is -0.0976. The van der Waals surface area contributed by atoms with E-state index in [1.54, 1.807) is 12.1 Å². The minimum Gasteiger partial charge on any atom is -0.508 e. The van der Waals surface area contributed by atoms with Gasteiger partial charge in [0.15, 0.2) is 0 Å². The predicted molar refractivity (Wildman–Crippen MR) is 82.2 cm³/mol. The summed E-state index contributed by atoms with van der Waals surface area (Å²) in [4.78, 5) is 12.4. The maximum Gasteiger partial charge on any atom is 0.227 e. The normalized spacial score (nSPS) is 16.7. The molecule has 1 amide bonds. The Hall–Kier alpha value is -2.49. The molecule has 1 aliphatic rings. The molecule has 4 heteroatoms. The SMILES string of the molecule is O=C(NCc1ccc(O)cc1)C1CCNc2ccccc21. The quantitative estimate of drug-likeness (QED) is 0.811. The molecule has 108 valence electrons. The van der Waals surface area contributed by atoms with Crippen LogP contribution in [0.25, 0.3) is 0 Å². The van der Waals surface area contributed by atoms with Crippen molar-refractivity contribution in [3.63, 3.8) is 0 Å². The van der Waals surface area contributed by atoms with E-state index in [1.807, 2.05) is 36.4 Å². The van der Waals surface area contributed by atoms with Gasteiger partial charge in [0.1, 0.15) is 5.75 Å². The molecule has 2 aromatic rings. The fraction of sp³-hybridized carbons (Fsp3) is 0.235. The van der Waals surface area contributed by atoms with Crippen molar-refractivity contribution in [1.82, 2.24) is 5.32 Å². The van der Waals surface area contributed by atoms with Crippen LogP contribution >= 0.6 is 0 Å². The predicted octanol–water partition coefficient (Wildman–Crippen LogP) is 2.61. The van der Waals surface area contributed by atoms with Crippen LogP contribution in [0.5, 0.6) is 5.75 Å². The van der Waals surface area contributed by atoms with Gasteiger partial charge in [-0.2, -0.15) is 0 Å². The van der Waals surface area contributed by atoms with Gasteiger partial charge in [-0.3, -0.25) is 4.79 Å². The molecule has 21 heavy (non-hydrogen) atoms. The van der Waals surface area contributed by atoms with E-state index in [0.29, 0.717) is 6.54 Å². The summed E-state index contributed by atoms with van der Waals surface area (Å²) >= 11 is 0. The summed E-state index contributed by atoms with van der Waals surface area (Å²) in [5, 5.41) is 15.6. The lowest BCUT2D eigenvalue weighted by Crippen LogP contribution is -2.32. The summed E-state index contributed by atoms with van der Waals surface area (Å²) in [5.74, 6) is 0.189. The van der Waals surface area contributed by atoms with Crippen molar-refractivity contribution in [2.75, 3.05) is 11.9 Å². The third-order valence-corrected chi connectivity index (χ3v) is 3.80. The molecule has 3 N–H and O–H groups in total. The molecule has 0 bridgehead atoms. The highest BCUT2D eigenvalue weighted by molar-refractivity contribution is 5.86. The fourth-order valence-corrected chi connectivity index (χ4v) is 2.67. The minimum absolute atomic E-state index is 0.0528. The van der Waals surface area contributed by atoms with Crippen LogP contribution in [0.2, 0.25) is 0 Å². The van der Waals surface area contributed by atoms with Gasteiger partial charge in [0, 0.05) is 18.8 Å². The van der Waals surface area contributed by atoms with Gasteiger partial charge in [-0.1, -0.05) is 30.3 Å². The number of carbonyl (C=O) groups is 1. The summed E-state index contributed by atoms with van der Waals surface area (Å²) in [6, 6.07) is 14.8. The second-order valence-electron chi connectivity index (χ2n) is 5.24. The lowest BCUT2D eigenvalue weighted by atomic mass is 9.90. The summed E-state index contributed by atoms with van der Waals surface area (Å²) in [6.45, 7) is 1.29. The Morgan fingerprint density at radius 2 is 1.95 bits per heavy atom. The molecule has 0 spiro atoms. The molecule has 0 aromatic heterocycles. The number of anilines is 1. The van der Waals surface area contributed by atoms with Crippen LogP contribution in [0.1, 0.15) is 23.5 Å². The standard InChI is InChI=1S/C17H18N2O2/c20-13-7-5-12(6-8-13)11-19-17(21)15-9-10-18-16-4-2-1-3-14(15)16/h1-8,15,18,20H,9-11H2,(H,19,21). The van der Waals surface area contributed by atoms with Crippen molar-refractivity contribution in [2.45, 2.75) is 18.9 Å². The van der Waals surface area contributed by atoms with E-state index in [2.05, 4.69) is 10.6 Å². The molecular formula is C17H18N2O2. The summed E-state index contributed by atoms with van der Waals surface area (Å²) < 4.78 is 0. The van der Waals surface area contributed by atoms with Gasteiger partial charge >= 0.3 is 0 Å². The van der Waals surface area contributed by atoms with Crippen molar-refractivity contribution in [1.29, 1.82) is 0 Å². The summed E-state index contributed by atoms with van der Waals surface area (Å²) in [7, 11) is 0. The third-order valence-electron chi connectivity index (χ3n) is 3.80. The van der Waals surface area contributed by atoms with Crippen LogP contribution < -0.4 is 10.6 Å². The number of nitrogens with one attached hydrogen (secondary N) is 2. The number of amides is 1. The number of carbonyl (C=O) groups excluding carboxylic acids is 1. The van der Waals surface area contributed by atoms with Gasteiger partial charge in [-0.25, -0.2) is 0 Å². The number of rotatable bonds is 3. The summed E-state index contributed by atoms with van der Waals surface area (Å²) in [5.41, 5.74) is 3.09. The number of phenols is 1. The molecule has 1 heterocycles. The molecular weight excluding hydrogens is 264 g/mol. The van der Waals surface area contributed by atoms with Crippen LogP contribution in [0, 0.1) is 0 Å². The second kappa shape index (κ2) is 5.87. The lowest BCUT2D eigenvalue weighted by molar-refractivity contribution is -0.122. The Morgan fingerprint density at radius 3 is 2.76 bits per heavy atom. The maximum absolute atomic E-state index is 12.4. The number of hydrogen-bond donors (Lipinski definition) is 3. The van der Waals surface area contributed by atoms with Crippen molar-refractivity contribution >= 4 is 11.6 Å². The third kappa shape index (κ3) is 2.99. The van der Waals surface area contributed by atoms with Crippen LogP contribution in [-0.4, -0.2) is 17.6 Å². The topological polar surface area (TPSA) is 61.4 Å². The van der Waals surface area contributed by atoms with Gasteiger partial charge in [-0.15, -0.1) is 0 Å². The molecule has 0 aliphatic carbocycles. The Morgan fingerprint density at radius 1 is 1.19 bits per heavy atom. The lowest BCUT2D eigenvalue weighted by Gasteiger charge is -2.25. The fourth-order valence-electron chi connectivity index (χ4n) is 2.67. The second-order valence-corrected chi connectivity index (χ2v) is 5.24. The number of aromatic hydroxyl groups is 1. The van der Waals surface area contributed by atoms with E-state index in [9.17, 15) is 9.90 Å². The van der Waals surface area contributed by atoms with Crippen LogP contribution in [-0.2, 0) is 11.3 Å². The molecule has 3 rings (SSSR count). The van der Waals surface area contributed by atoms with Gasteiger partial charge in [0.05, 0.1) is 5.92 Å². The highest BCUT2D eigenvalue weighted by atomic mass is 16.3. The molecule has 2 aromatic carbocycles. The van der Waals surface area contributed by atoms with Crippen LogP contribution in [0.3, 0.4) is 0 Å². The average Bonchev–Trinajstić information content (AvgIpc) is 2.53. The van der Waals surface area contributed by atoms with E-state index >= 15 is 0 Å². The van der Waals surface area contributed by atoms with Gasteiger partial charge < -0.3 is 15.7 Å². The van der Waals surface area contributed by atoms with Crippen molar-refractivity contribution in [3.8, 4) is 5.75 Å². The molecule has 0 saturated carbocycles. The Labute approximate surface area is 123 Å². The number of fused-ring (bicyclic) bond motifs is 1. The molecule has 4 nitrogen and oxygen atoms in total. The first kappa shape index (κ1) is 13.5. The zero-order valence-electron chi connectivity index (χ0n) is 11.7. The van der Waals surface area contributed by atoms with E-state index in [0.717, 1.165) is 29.8 Å². The number of benzene rings is 2. The monoisotopic (exact) mass is 282 g/mol. The maximum atomic E-state index is 12.4. The number of para-hydroxylation sites is 1. The highest BCUT2D eigenvalue weighted by Crippen LogP contribution is 2.31. The van der Waals surface area contributed by atoms with Crippen molar-refractivity contribution in [2.24, 2.45) is 0 Å². The molecule has 0 saturated heterocycles. The molecule has 0 fully saturated rings. The first-order valence-corrected chi connectivity index (χ1v) is 7.12. The van der Waals surface area contributed by atoms with Gasteiger partial charge in [-0.05, 0) is 35.7 Å². The first-order valence-electron chi connectivity index (χ1n) is 7.12. The Bertz CT molecular complexity index is 637. The zero-order valence-corrected chi connectivity index (χ0v) is 11.7. The van der Waals surface area contributed by atoms with Gasteiger partial charge in [0.2, 0.25) is 5.91 Å². The van der Waals surface area contributed by atoms with E-state index in [1.165, 1.54) is 0 Å². The molecule has 0 radical (unpaired) electrons. The molecule has 1 unspecified atom stereocenters. The Balaban J connectivity index is 1.68. The molecule has 1 atom stereocenters. The van der Waals surface area contributed by atoms with E-state index in [4.69, 9.17) is 0 Å². The Kier molecular flexibility index (Phi) is 3.77. The number of hydrogen-bond acceptors (Lipinski definition) is 3. The number of phenolic OH excluding ortho intramolecular Hbond substituents is 1. The van der Waals surface area contributed by atoms with Gasteiger partial charge in [0.25, 0.3) is 0 Å². The van der Waals surface area contributed by atoms with Crippen LogP contribution in [0.4, 0.5) is 5.69 Å². The first-order chi connectivity index (χ1) is 10.2. The zero-order chi connectivity index (χ0) is 14.7. The van der Waals surface area contributed by atoms with E-state index < -0.39 is 0 Å². The highest BCUT2D eigenvalue weighted by Gasteiger charge is 2.25.